The smallest absolute Gasteiger partial charge is 0.337 e. The van der Waals surface area contributed by atoms with E-state index in [0.29, 0.717) is 58.4 Å². The first-order chi connectivity index (χ1) is 26.9. The third kappa shape index (κ3) is 17.2. The molecular formula is C38H50Cl2N10O6. The van der Waals surface area contributed by atoms with Crippen LogP contribution in [0.1, 0.15) is 52.1 Å². The Bertz CT molecular complexity index is 1870. The van der Waals surface area contributed by atoms with Crippen molar-refractivity contribution in [3.63, 3.8) is 0 Å². The molecule has 0 saturated heterocycles. The van der Waals surface area contributed by atoms with Crippen LogP contribution in [0.25, 0.3) is 11.6 Å². The zero-order chi connectivity index (χ0) is 42.6. The first-order valence-corrected chi connectivity index (χ1v) is 17.5. The van der Waals surface area contributed by atoms with Crippen molar-refractivity contribution in [2.24, 2.45) is 22.9 Å². The molecule has 12 N–H and O–H groups in total. The lowest BCUT2D eigenvalue weighted by Gasteiger charge is -2.12. The Morgan fingerprint density at radius 2 is 1.16 bits per heavy atom. The predicted octanol–water partition coefficient (Wildman–Crippen LogP) is 4.76. The van der Waals surface area contributed by atoms with Crippen LogP contribution in [0.4, 0.5) is 11.4 Å². The summed E-state index contributed by atoms with van der Waals surface area (Å²) in [5.74, 6) is -0.131. The van der Waals surface area contributed by atoms with Crippen molar-refractivity contribution in [1.82, 2.24) is 19.1 Å². The third-order valence-corrected chi connectivity index (χ3v) is 7.67. The van der Waals surface area contributed by atoms with Gasteiger partial charge in [0, 0.05) is 73.0 Å². The van der Waals surface area contributed by atoms with Gasteiger partial charge in [0.25, 0.3) is 0 Å². The van der Waals surface area contributed by atoms with Crippen LogP contribution in [0.15, 0.2) is 97.4 Å². The highest BCUT2D eigenvalue weighted by molar-refractivity contribution is 6.32. The molecule has 56 heavy (non-hydrogen) atoms. The molecule has 0 bridgehead atoms. The lowest BCUT2D eigenvalue weighted by Crippen LogP contribution is -2.04. The van der Waals surface area contributed by atoms with Gasteiger partial charge in [-0.1, -0.05) is 37.0 Å². The molecule has 16 nitrogen and oxygen atoms in total. The Morgan fingerprint density at radius 1 is 0.732 bits per heavy atom. The van der Waals surface area contributed by atoms with Crippen molar-refractivity contribution in [2.45, 2.75) is 33.1 Å². The van der Waals surface area contributed by atoms with Crippen molar-refractivity contribution in [1.29, 1.82) is 0 Å². The Balaban J connectivity index is 0.000000848. The fourth-order valence-electron chi connectivity index (χ4n) is 4.24. The molecule has 0 radical (unpaired) electrons. The van der Waals surface area contributed by atoms with Crippen molar-refractivity contribution >= 4 is 71.0 Å². The van der Waals surface area contributed by atoms with E-state index in [4.69, 9.17) is 51.2 Å². The van der Waals surface area contributed by atoms with Crippen LogP contribution in [0.3, 0.4) is 0 Å². The summed E-state index contributed by atoms with van der Waals surface area (Å²) in [7, 11) is 4.43. The second kappa shape index (κ2) is 28.1. The van der Waals surface area contributed by atoms with E-state index >= 15 is 0 Å². The molecule has 0 atom stereocenters. The van der Waals surface area contributed by atoms with Crippen LogP contribution in [0, 0.1) is 0 Å². The van der Waals surface area contributed by atoms with Crippen molar-refractivity contribution < 1.29 is 29.4 Å². The number of carbonyl (C=O) groups is 4. The summed E-state index contributed by atoms with van der Waals surface area (Å²) in [6.07, 6.45) is 19.7. The van der Waals surface area contributed by atoms with Gasteiger partial charge in [0.05, 0.1) is 17.0 Å². The third-order valence-electron chi connectivity index (χ3n) is 6.96. The summed E-state index contributed by atoms with van der Waals surface area (Å²) in [4.78, 5) is 50.2. The average Bonchev–Trinajstić information content (AvgIpc) is 3.98. The number of carbonyl (C=O) groups excluding carboxylic acids is 3. The Kier molecular flexibility index (Phi) is 24.9. The first-order valence-electron chi connectivity index (χ1n) is 16.7. The molecule has 0 saturated carbocycles. The number of carboxylic acid groups (broad SMARTS) is 1. The van der Waals surface area contributed by atoms with Gasteiger partial charge < -0.3 is 43.8 Å². The van der Waals surface area contributed by atoms with Gasteiger partial charge in [0.2, 0.25) is 0 Å². The summed E-state index contributed by atoms with van der Waals surface area (Å²) >= 11 is 12.5. The molecule has 4 rings (SSSR count). The maximum Gasteiger partial charge on any atom is 0.337 e. The van der Waals surface area contributed by atoms with Gasteiger partial charge in [-0.25, -0.2) is 14.8 Å². The van der Waals surface area contributed by atoms with E-state index in [9.17, 15) is 24.3 Å². The molecule has 0 aliphatic carbocycles. The number of aromatic nitrogens is 4. The number of nitrogens with two attached hydrogens (primary N) is 4. The normalized spacial score (nSPS) is 11.1. The zero-order valence-corrected chi connectivity index (χ0v) is 33.3. The van der Waals surface area contributed by atoms with Gasteiger partial charge in [0.1, 0.15) is 24.3 Å². The maximum absolute atomic E-state index is 11.2. The molecule has 0 aliphatic rings. The van der Waals surface area contributed by atoms with Gasteiger partial charge in [0.15, 0.2) is 18.9 Å². The number of anilines is 2. The van der Waals surface area contributed by atoms with Crippen molar-refractivity contribution in [3.8, 4) is 0 Å². The SMILES string of the molecule is CC.CNc1cc(CCCc2cc(NC)c(C(=O)O)cc2Cl)c(Cl)cc1C=O.CO.N/C(C=O)=C\C=C(/N)n1ccnc1.N/C(C=O)=C\C=C(/N)n1ccnc1. The number of nitrogens with zero attached hydrogens (tertiary/aromatic N) is 4. The maximum atomic E-state index is 11.2. The molecule has 18 heteroatoms. The lowest BCUT2D eigenvalue weighted by molar-refractivity contribution is -0.105. The zero-order valence-electron chi connectivity index (χ0n) is 31.8. The highest BCUT2D eigenvalue weighted by Crippen LogP contribution is 2.29. The van der Waals surface area contributed by atoms with Crippen LogP contribution < -0.4 is 33.6 Å². The standard InChI is InChI=1S/C19H20Cl2N2O3.2C8H10N4O.C2H6.CH4O/c1-22-17-7-11(15(20)6-13(17)10-24)4-3-5-12-8-18(23-2)14(19(25)26)9-16(12)21;2*9-7(5-13)1-2-8(10)12-4-3-11-6-12;2*1-2/h6-10,22-23H,3-5H2,1-2H3,(H,25,26);2*1-6H,9-10H2;1-2H3;2H,1H3/b;2*7-1-,8-2+;;. The molecule has 302 valence electrons. The summed E-state index contributed by atoms with van der Waals surface area (Å²) in [5, 5.41) is 23.1. The number of halogens is 2. The number of imidazole rings is 2. The van der Waals surface area contributed by atoms with E-state index in [1.165, 1.54) is 30.4 Å². The summed E-state index contributed by atoms with van der Waals surface area (Å²) < 4.78 is 3.21. The molecule has 0 fully saturated rings. The number of carboxylic acids is 1. The van der Waals surface area contributed by atoms with Crippen molar-refractivity contribution in [3.05, 3.63) is 130 Å². The fraction of sp³-hybridized carbons (Fsp3) is 0.211. The van der Waals surface area contributed by atoms with E-state index in [-0.39, 0.29) is 17.0 Å². The summed E-state index contributed by atoms with van der Waals surface area (Å²) in [6.45, 7) is 4.00. The van der Waals surface area contributed by atoms with E-state index in [2.05, 4.69) is 20.6 Å². The number of aromatic carboxylic acids is 1. The molecule has 0 aliphatic heterocycles. The molecule has 0 spiro atoms. The Hall–Kier alpha value is -6.36. The number of aliphatic hydroxyl groups excluding tert-OH is 1. The van der Waals surface area contributed by atoms with Crippen LogP contribution in [0.2, 0.25) is 10.0 Å². The van der Waals surface area contributed by atoms with Gasteiger partial charge in [-0.15, -0.1) is 0 Å². The number of nitrogens with one attached hydrogen (secondary N) is 2. The molecule has 0 unspecified atom stereocenters. The minimum absolute atomic E-state index is 0.128. The van der Waals surface area contributed by atoms with Crippen LogP contribution in [-0.2, 0) is 22.4 Å². The highest BCUT2D eigenvalue weighted by Gasteiger charge is 2.14. The molecule has 4 aromatic rings. The Morgan fingerprint density at radius 3 is 1.52 bits per heavy atom. The second-order valence-electron chi connectivity index (χ2n) is 10.5. The van der Waals surface area contributed by atoms with Gasteiger partial charge in [-0.05, 0) is 79.0 Å². The second-order valence-corrected chi connectivity index (χ2v) is 11.3. The molecule has 0 amide bonds. The summed E-state index contributed by atoms with van der Waals surface area (Å²) in [6, 6.07) is 6.77. The van der Waals surface area contributed by atoms with Gasteiger partial charge >= 0.3 is 5.97 Å². The van der Waals surface area contributed by atoms with Crippen molar-refractivity contribution in [2.75, 3.05) is 31.8 Å². The molecule has 2 aromatic carbocycles. The Labute approximate surface area is 336 Å². The lowest BCUT2D eigenvalue weighted by atomic mass is 10.00. The fourth-order valence-corrected chi connectivity index (χ4v) is 4.76. The molecule has 2 aromatic heterocycles. The number of benzene rings is 2. The number of rotatable bonds is 14. The number of aldehydes is 3. The van der Waals surface area contributed by atoms with Crippen LogP contribution in [-0.4, -0.2) is 75.3 Å². The minimum Gasteiger partial charge on any atom is -0.478 e. The minimum atomic E-state index is -1.02. The predicted molar refractivity (Wildman–Crippen MR) is 224 cm³/mol. The van der Waals surface area contributed by atoms with Crippen LogP contribution in [0.5, 0.6) is 0 Å². The summed E-state index contributed by atoms with van der Waals surface area (Å²) in [5.41, 5.74) is 25.7. The number of aliphatic hydroxyl groups is 1. The van der Waals surface area contributed by atoms with Gasteiger partial charge in [-0.3, -0.25) is 23.5 Å². The number of hydrogen-bond acceptors (Lipinski definition) is 13. The first kappa shape index (κ1) is 49.6. The molecule has 2 heterocycles. The van der Waals surface area contributed by atoms with E-state index in [1.807, 2.05) is 19.9 Å². The molecular weight excluding hydrogens is 763 g/mol. The topological polar surface area (TPSA) is 273 Å². The number of aryl methyl sites for hydroxylation is 2. The van der Waals surface area contributed by atoms with E-state index in [0.717, 1.165) is 36.6 Å². The number of allylic oxidation sites excluding steroid dienone is 6. The van der Waals surface area contributed by atoms with Gasteiger partial charge in [-0.2, -0.15) is 0 Å². The quantitative estimate of drug-likeness (QED) is 0.0485. The largest absolute Gasteiger partial charge is 0.478 e. The number of hydrogen-bond donors (Lipinski definition) is 8. The van der Waals surface area contributed by atoms with E-state index < -0.39 is 5.97 Å². The average molecular weight is 814 g/mol. The monoisotopic (exact) mass is 812 g/mol. The van der Waals surface area contributed by atoms with Crippen LogP contribution >= 0.6 is 23.2 Å². The highest BCUT2D eigenvalue weighted by atomic mass is 35.5. The van der Waals surface area contributed by atoms with E-state index in [1.54, 1.807) is 72.8 Å².